The number of aryl methyl sites for hydroxylation is 2. The molecule has 3 heteroatoms. The zero-order chi connectivity index (χ0) is 14.1. The van der Waals surface area contributed by atoms with Crippen molar-refractivity contribution in [3.05, 3.63) is 57.8 Å². The van der Waals surface area contributed by atoms with Crippen LogP contribution in [0.5, 0.6) is 0 Å². The Bertz CT molecular complexity index is 618. The molecule has 1 aromatic carbocycles. The molecule has 1 aromatic heterocycles. The number of anilines is 1. The molecule has 1 saturated carbocycles. The summed E-state index contributed by atoms with van der Waals surface area (Å²) in [5, 5.41) is 3.58. The van der Waals surface area contributed by atoms with E-state index < -0.39 is 0 Å². The number of halogens is 1. The number of hydrogen-bond donors (Lipinski definition) is 1. The summed E-state index contributed by atoms with van der Waals surface area (Å²) in [5.74, 6) is 0.707. The standard InChI is InChI=1S/C17H19BrN2/c1-11-5-3-4-6-16(11)13-8-14(9-13)20-15-7-12(2)17(18)19-10-15/h3-7,10,13-14,20H,8-9H2,1-2H3. The number of nitrogens with zero attached hydrogens (tertiary/aromatic N) is 1. The second-order valence-corrected chi connectivity index (χ2v) is 6.45. The van der Waals surface area contributed by atoms with E-state index >= 15 is 0 Å². The lowest BCUT2D eigenvalue weighted by Gasteiger charge is -2.37. The molecule has 0 atom stereocenters. The summed E-state index contributed by atoms with van der Waals surface area (Å²) in [7, 11) is 0. The molecule has 0 spiro atoms. The van der Waals surface area contributed by atoms with Gasteiger partial charge in [0.2, 0.25) is 0 Å². The quantitative estimate of drug-likeness (QED) is 0.816. The lowest BCUT2D eigenvalue weighted by molar-refractivity contribution is 0.373. The molecule has 0 unspecified atom stereocenters. The maximum atomic E-state index is 4.34. The molecule has 1 aliphatic rings. The van der Waals surface area contributed by atoms with E-state index in [1.54, 1.807) is 0 Å². The zero-order valence-corrected chi connectivity index (χ0v) is 13.4. The van der Waals surface area contributed by atoms with Crippen LogP contribution in [0.3, 0.4) is 0 Å². The van der Waals surface area contributed by atoms with Crippen LogP contribution in [0.1, 0.15) is 35.4 Å². The third-order valence-corrected chi connectivity index (χ3v) is 4.98. The minimum Gasteiger partial charge on any atom is -0.381 e. The van der Waals surface area contributed by atoms with Gasteiger partial charge in [-0.05, 0) is 71.3 Å². The van der Waals surface area contributed by atoms with E-state index in [1.165, 1.54) is 29.5 Å². The number of hydrogen-bond acceptors (Lipinski definition) is 2. The van der Waals surface area contributed by atoms with Crippen molar-refractivity contribution in [2.75, 3.05) is 5.32 Å². The fourth-order valence-electron chi connectivity index (χ4n) is 2.91. The first-order valence-electron chi connectivity index (χ1n) is 7.07. The van der Waals surface area contributed by atoms with Crippen molar-refractivity contribution in [2.45, 2.75) is 38.6 Å². The molecule has 3 rings (SSSR count). The molecule has 1 fully saturated rings. The van der Waals surface area contributed by atoms with Crippen molar-refractivity contribution in [1.29, 1.82) is 0 Å². The van der Waals surface area contributed by atoms with Crippen LogP contribution in [0, 0.1) is 13.8 Å². The highest BCUT2D eigenvalue weighted by atomic mass is 79.9. The van der Waals surface area contributed by atoms with Crippen LogP contribution in [0.2, 0.25) is 0 Å². The van der Waals surface area contributed by atoms with Crippen LogP contribution < -0.4 is 5.32 Å². The highest BCUT2D eigenvalue weighted by molar-refractivity contribution is 9.10. The van der Waals surface area contributed by atoms with Crippen LogP contribution >= 0.6 is 15.9 Å². The third-order valence-electron chi connectivity index (χ3n) is 4.15. The topological polar surface area (TPSA) is 24.9 Å². The second kappa shape index (κ2) is 5.57. The van der Waals surface area contributed by atoms with E-state index in [1.807, 2.05) is 6.20 Å². The minimum atomic E-state index is 0.571. The Balaban J connectivity index is 1.61. The molecule has 0 bridgehead atoms. The molecule has 2 nitrogen and oxygen atoms in total. The predicted octanol–water partition coefficient (Wildman–Crippen LogP) is 4.82. The summed E-state index contributed by atoms with van der Waals surface area (Å²) < 4.78 is 0.925. The van der Waals surface area contributed by atoms with Gasteiger partial charge in [-0.1, -0.05) is 24.3 Å². The molecule has 0 radical (unpaired) electrons. The van der Waals surface area contributed by atoms with Crippen molar-refractivity contribution in [3.63, 3.8) is 0 Å². The van der Waals surface area contributed by atoms with E-state index in [0.29, 0.717) is 12.0 Å². The largest absolute Gasteiger partial charge is 0.381 e. The average molecular weight is 331 g/mol. The molecule has 1 aliphatic carbocycles. The number of nitrogens with one attached hydrogen (secondary N) is 1. The van der Waals surface area contributed by atoms with Gasteiger partial charge in [0.1, 0.15) is 4.60 Å². The first-order valence-corrected chi connectivity index (χ1v) is 7.87. The summed E-state index contributed by atoms with van der Waals surface area (Å²) in [6.45, 7) is 4.28. The highest BCUT2D eigenvalue weighted by Crippen LogP contribution is 2.39. The number of aromatic nitrogens is 1. The third kappa shape index (κ3) is 2.73. The normalized spacial score (nSPS) is 21.4. The Morgan fingerprint density at radius 2 is 1.90 bits per heavy atom. The van der Waals surface area contributed by atoms with E-state index in [0.717, 1.165) is 10.3 Å². The van der Waals surface area contributed by atoms with Gasteiger partial charge >= 0.3 is 0 Å². The van der Waals surface area contributed by atoms with Gasteiger partial charge in [-0.15, -0.1) is 0 Å². The fraction of sp³-hybridized carbons (Fsp3) is 0.353. The predicted molar refractivity (Wildman–Crippen MR) is 87.2 cm³/mol. The molecule has 2 aromatic rings. The summed E-state index contributed by atoms with van der Waals surface area (Å²) >= 11 is 3.44. The van der Waals surface area contributed by atoms with E-state index in [-0.39, 0.29) is 0 Å². The van der Waals surface area contributed by atoms with Gasteiger partial charge in [0.25, 0.3) is 0 Å². The highest BCUT2D eigenvalue weighted by Gasteiger charge is 2.30. The Hall–Kier alpha value is -1.35. The molecular formula is C17H19BrN2. The molecule has 0 amide bonds. The first kappa shape index (κ1) is 13.6. The first-order chi connectivity index (χ1) is 9.63. The van der Waals surface area contributed by atoms with Gasteiger partial charge in [-0.2, -0.15) is 0 Å². The van der Waals surface area contributed by atoms with Gasteiger partial charge in [0.05, 0.1) is 11.9 Å². The molecule has 20 heavy (non-hydrogen) atoms. The van der Waals surface area contributed by atoms with Crippen molar-refractivity contribution >= 4 is 21.6 Å². The molecule has 0 aliphatic heterocycles. The average Bonchev–Trinajstić information content (AvgIpc) is 2.39. The van der Waals surface area contributed by atoms with Crippen molar-refractivity contribution in [2.24, 2.45) is 0 Å². The number of pyridine rings is 1. The van der Waals surface area contributed by atoms with Crippen LogP contribution in [-0.4, -0.2) is 11.0 Å². The molecule has 0 saturated heterocycles. The lowest BCUT2D eigenvalue weighted by atomic mass is 9.74. The minimum absolute atomic E-state index is 0.571. The molecule has 104 valence electrons. The number of benzene rings is 1. The van der Waals surface area contributed by atoms with Crippen LogP contribution in [0.4, 0.5) is 5.69 Å². The van der Waals surface area contributed by atoms with Gasteiger partial charge in [-0.25, -0.2) is 4.98 Å². The zero-order valence-electron chi connectivity index (χ0n) is 11.9. The Morgan fingerprint density at radius 1 is 1.15 bits per heavy atom. The Labute approximate surface area is 128 Å². The van der Waals surface area contributed by atoms with Gasteiger partial charge in [0.15, 0.2) is 0 Å². The van der Waals surface area contributed by atoms with E-state index in [9.17, 15) is 0 Å². The maximum absolute atomic E-state index is 4.34. The Morgan fingerprint density at radius 3 is 2.60 bits per heavy atom. The number of rotatable bonds is 3. The van der Waals surface area contributed by atoms with E-state index in [4.69, 9.17) is 0 Å². The fourth-order valence-corrected chi connectivity index (χ4v) is 3.12. The summed E-state index contributed by atoms with van der Waals surface area (Å²) in [6, 6.07) is 11.5. The van der Waals surface area contributed by atoms with E-state index in [2.05, 4.69) is 70.4 Å². The Kier molecular flexibility index (Phi) is 3.79. The molecular weight excluding hydrogens is 312 g/mol. The van der Waals surface area contributed by atoms with Gasteiger partial charge < -0.3 is 5.32 Å². The summed E-state index contributed by atoms with van der Waals surface area (Å²) in [5.41, 5.74) is 5.22. The summed E-state index contributed by atoms with van der Waals surface area (Å²) in [4.78, 5) is 4.34. The van der Waals surface area contributed by atoms with Gasteiger partial charge in [0, 0.05) is 6.04 Å². The molecule has 1 heterocycles. The maximum Gasteiger partial charge on any atom is 0.109 e. The van der Waals surface area contributed by atoms with Crippen LogP contribution in [-0.2, 0) is 0 Å². The smallest absolute Gasteiger partial charge is 0.109 e. The van der Waals surface area contributed by atoms with Crippen molar-refractivity contribution in [3.8, 4) is 0 Å². The van der Waals surface area contributed by atoms with Crippen LogP contribution in [0.25, 0.3) is 0 Å². The lowest BCUT2D eigenvalue weighted by Crippen LogP contribution is -2.34. The molecule has 1 N–H and O–H groups in total. The SMILES string of the molecule is Cc1ccccc1C1CC(Nc2cnc(Br)c(C)c2)C1. The van der Waals surface area contributed by atoms with Crippen LogP contribution in [0.15, 0.2) is 41.1 Å². The monoisotopic (exact) mass is 330 g/mol. The van der Waals surface area contributed by atoms with Crippen molar-refractivity contribution < 1.29 is 0 Å². The summed E-state index contributed by atoms with van der Waals surface area (Å²) in [6.07, 6.45) is 4.32. The van der Waals surface area contributed by atoms with Crippen molar-refractivity contribution in [1.82, 2.24) is 4.98 Å². The second-order valence-electron chi connectivity index (χ2n) is 5.70. The van der Waals surface area contributed by atoms with Gasteiger partial charge in [-0.3, -0.25) is 0 Å².